The summed E-state index contributed by atoms with van der Waals surface area (Å²) in [7, 11) is 0. The molecule has 3 heterocycles. The van der Waals surface area contributed by atoms with Crippen molar-refractivity contribution in [2.24, 2.45) is 5.92 Å². The van der Waals surface area contributed by atoms with Gasteiger partial charge in [-0.15, -0.1) is 10.2 Å². The Balaban J connectivity index is 1.46. The molecule has 1 amide bonds. The molecule has 1 aromatic heterocycles. The van der Waals surface area contributed by atoms with Gasteiger partial charge in [0.1, 0.15) is 0 Å². The maximum atomic E-state index is 12.3. The molecule has 0 spiro atoms. The third-order valence-corrected chi connectivity index (χ3v) is 4.88. The SMILES string of the molecule is O=C(Nc1ccc(N2CCCc3ccccc32)nn1)C1CCOCC1. The minimum atomic E-state index is 0.00389. The van der Waals surface area contributed by atoms with Crippen molar-refractivity contribution in [3.8, 4) is 0 Å². The van der Waals surface area contributed by atoms with Gasteiger partial charge in [-0.3, -0.25) is 4.79 Å². The molecule has 1 saturated heterocycles. The topological polar surface area (TPSA) is 67.4 Å². The van der Waals surface area contributed by atoms with Crippen LogP contribution in [0.5, 0.6) is 0 Å². The van der Waals surface area contributed by atoms with Gasteiger partial charge < -0.3 is 15.0 Å². The van der Waals surface area contributed by atoms with Crippen molar-refractivity contribution >= 4 is 23.2 Å². The van der Waals surface area contributed by atoms with E-state index in [1.807, 2.05) is 18.2 Å². The number of para-hydroxylation sites is 1. The molecule has 6 nitrogen and oxygen atoms in total. The number of nitrogens with zero attached hydrogens (tertiary/aromatic N) is 3. The molecule has 0 bridgehead atoms. The van der Waals surface area contributed by atoms with E-state index < -0.39 is 0 Å². The third-order valence-electron chi connectivity index (χ3n) is 4.88. The lowest BCUT2D eigenvalue weighted by Crippen LogP contribution is -2.29. The highest BCUT2D eigenvalue weighted by atomic mass is 16.5. The number of nitrogens with one attached hydrogen (secondary N) is 1. The summed E-state index contributed by atoms with van der Waals surface area (Å²) >= 11 is 0. The van der Waals surface area contributed by atoms with Gasteiger partial charge in [0.15, 0.2) is 11.6 Å². The number of ether oxygens (including phenoxy) is 1. The number of rotatable bonds is 3. The summed E-state index contributed by atoms with van der Waals surface area (Å²) in [5, 5.41) is 11.4. The van der Waals surface area contributed by atoms with Crippen molar-refractivity contribution in [2.45, 2.75) is 25.7 Å². The monoisotopic (exact) mass is 338 g/mol. The van der Waals surface area contributed by atoms with Crippen LogP contribution >= 0.6 is 0 Å². The molecule has 130 valence electrons. The highest BCUT2D eigenvalue weighted by molar-refractivity contribution is 5.91. The van der Waals surface area contributed by atoms with Crippen molar-refractivity contribution in [1.82, 2.24) is 10.2 Å². The molecule has 2 aliphatic rings. The van der Waals surface area contributed by atoms with Crippen LogP contribution in [0.25, 0.3) is 0 Å². The van der Waals surface area contributed by atoms with E-state index in [0.717, 1.165) is 38.0 Å². The van der Waals surface area contributed by atoms with Crippen LogP contribution in [0.1, 0.15) is 24.8 Å². The number of carbonyl (C=O) groups excluding carboxylic acids is 1. The number of hydrogen-bond acceptors (Lipinski definition) is 5. The van der Waals surface area contributed by atoms with Gasteiger partial charge in [-0.2, -0.15) is 0 Å². The van der Waals surface area contributed by atoms with Crippen LogP contribution in [0, 0.1) is 5.92 Å². The van der Waals surface area contributed by atoms with Gasteiger partial charge in [0.05, 0.1) is 0 Å². The Labute approximate surface area is 147 Å². The number of anilines is 3. The zero-order valence-corrected chi connectivity index (χ0v) is 14.1. The first kappa shape index (κ1) is 16.0. The minimum absolute atomic E-state index is 0.00389. The van der Waals surface area contributed by atoms with Gasteiger partial charge in [0.2, 0.25) is 5.91 Å². The Bertz CT molecular complexity index is 741. The van der Waals surface area contributed by atoms with Gasteiger partial charge in [-0.1, -0.05) is 18.2 Å². The normalized spacial score (nSPS) is 17.8. The second-order valence-electron chi connectivity index (χ2n) is 6.54. The predicted octanol–water partition coefficient (Wildman–Crippen LogP) is 2.93. The molecule has 0 saturated carbocycles. The lowest BCUT2D eigenvalue weighted by molar-refractivity contribution is -0.122. The van der Waals surface area contributed by atoms with E-state index in [2.05, 4.69) is 38.6 Å². The zero-order chi connectivity index (χ0) is 17.1. The van der Waals surface area contributed by atoms with Crippen molar-refractivity contribution in [1.29, 1.82) is 0 Å². The average molecular weight is 338 g/mol. The summed E-state index contributed by atoms with van der Waals surface area (Å²) in [6.07, 6.45) is 3.73. The highest BCUT2D eigenvalue weighted by Gasteiger charge is 2.22. The molecule has 0 unspecified atom stereocenters. The lowest BCUT2D eigenvalue weighted by Gasteiger charge is -2.30. The van der Waals surface area contributed by atoms with Gasteiger partial charge in [0, 0.05) is 31.4 Å². The van der Waals surface area contributed by atoms with E-state index in [9.17, 15) is 4.79 Å². The van der Waals surface area contributed by atoms with Gasteiger partial charge >= 0.3 is 0 Å². The Hall–Kier alpha value is -2.47. The summed E-state index contributed by atoms with van der Waals surface area (Å²) in [5.74, 6) is 1.33. The van der Waals surface area contributed by atoms with Crippen LogP contribution in [0.15, 0.2) is 36.4 Å². The average Bonchev–Trinajstić information content (AvgIpc) is 2.69. The second kappa shape index (κ2) is 7.19. The second-order valence-corrected chi connectivity index (χ2v) is 6.54. The molecule has 2 aliphatic heterocycles. The molecular formula is C19H22N4O2. The predicted molar refractivity (Wildman–Crippen MR) is 96.0 cm³/mol. The molecular weight excluding hydrogens is 316 g/mol. The molecule has 0 radical (unpaired) electrons. The van der Waals surface area contributed by atoms with Crippen molar-refractivity contribution in [3.05, 3.63) is 42.0 Å². The van der Waals surface area contributed by atoms with Crippen LogP contribution in [-0.4, -0.2) is 35.9 Å². The number of hydrogen-bond donors (Lipinski definition) is 1. The van der Waals surface area contributed by atoms with Crippen molar-refractivity contribution in [3.63, 3.8) is 0 Å². The molecule has 1 fully saturated rings. The number of aromatic nitrogens is 2. The van der Waals surface area contributed by atoms with E-state index in [-0.39, 0.29) is 11.8 Å². The standard InChI is InChI=1S/C19H22N4O2/c24-19(15-9-12-25-13-10-15)20-17-7-8-18(22-21-17)23-11-3-5-14-4-1-2-6-16(14)23/h1-2,4,6-8,15H,3,5,9-13H2,(H,20,21,24). The third kappa shape index (κ3) is 3.49. The van der Waals surface area contributed by atoms with E-state index >= 15 is 0 Å². The fourth-order valence-electron chi connectivity index (χ4n) is 3.50. The Morgan fingerprint density at radius 2 is 1.96 bits per heavy atom. The number of benzene rings is 1. The molecule has 6 heteroatoms. The molecule has 1 aromatic carbocycles. The minimum Gasteiger partial charge on any atom is -0.381 e. The van der Waals surface area contributed by atoms with Gasteiger partial charge in [-0.25, -0.2) is 0 Å². The smallest absolute Gasteiger partial charge is 0.228 e. The van der Waals surface area contributed by atoms with Crippen LogP contribution in [0.3, 0.4) is 0 Å². The lowest BCUT2D eigenvalue weighted by atomic mass is 9.99. The molecule has 4 rings (SSSR count). The summed E-state index contributed by atoms with van der Waals surface area (Å²) < 4.78 is 5.30. The summed E-state index contributed by atoms with van der Waals surface area (Å²) in [6.45, 7) is 2.23. The Morgan fingerprint density at radius 1 is 1.12 bits per heavy atom. The fourth-order valence-corrected chi connectivity index (χ4v) is 3.50. The Kier molecular flexibility index (Phi) is 4.61. The van der Waals surface area contributed by atoms with Gasteiger partial charge in [-0.05, 0) is 49.4 Å². The van der Waals surface area contributed by atoms with E-state index in [0.29, 0.717) is 19.0 Å². The van der Waals surface area contributed by atoms with Crippen LogP contribution in [0.2, 0.25) is 0 Å². The van der Waals surface area contributed by atoms with Crippen molar-refractivity contribution in [2.75, 3.05) is 30.0 Å². The van der Waals surface area contributed by atoms with E-state index in [4.69, 9.17) is 4.74 Å². The van der Waals surface area contributed by atoms with Crippen LogP contribution in [0.4, 0.5) is 17.3 Å². The quantitative estimate of drug-likeness (QED) is 0.932. The number of amides is 1. The van der Waals surface area contributed by atoms with E-state index in [1.165, 1.54) is 11.3 Å². The molecule has 25 heavy (non-hydrogen) atoms. The largest absolute Gasteiger partial charge is 0.381 e. The van der Waals surface area contributed by atoms with E-state index in [1.54, 1.807) is 0 Å². The number of aryl methyl sites for hydroxylation is 1. The molecule has 0 aliphatic carbocycles. The first-order chi connectivity index (χ1) is 12.3. The highest BCUT2D eigenvalue weighted by Crippen LogP contribution is 2.32. The maximum Gasteiger partial charge on any atom is 0.228 e. The molecule has 1 N–H and O–H groups in total. The van der Waals surface area contributed by atoms with Crippen LogP contribution < -0.4 is 10.2 Å². The maximum absolute atomic E-state index is 12.3. The van der Waals surface area contributed by atoms with Crippen molar-refractivity contribution < 1.29 is 9.53 Å². The fraction of sp³-hybridized carbons (Fsp3) is 0.421. The summed E-state index contributed by atoms with van der Waals surface area (Å²) in [4.78, 5) is 14.5. The first-order valence-corrected chi connectivity index (χ1v) is 8.89. The summed E-state index contributed by atoms with van der Waals surface area (Å²) in [6, 6.07) is 12.2. The summed E-state index contributed by atoms with van der Waals surface area (Å²) in [5.41, 5.74) is 2.54. The first-order valence-electron chi connectivity index (χ1n) is 8.89. The Morgan fingerprint density at radius 3 is 2.76 bits per heavy atom. The number of carbonyl (C=O) groups is 1. The number of fused-ring (bicyclic) bond motifs is 1. The molecule has 2 aromatic rings. The van der Waals surface area contributed by atoms with Gasteiger partial charge in [0.25, 0.3) is 0 Å². The zero-order valence-electron chi connectivity index (χ0n) is 14.1. The van der Waals surface area contributed by atoms with Crippen LogP contribution in [-0.2, 0) is 16.0 Å². The molecule has 0 atom stereocenters.